The van der Waals surface area contributed by atoms with Gasteiger partial charge in [0, 0.05) is 11.5 Å². The monoisotopic (exact) mass is 388 g/mol. The summed E-state index contributed by atoms with van der Waals surface area (Å²) in [4.78, 5) is 0. The van der Waals surface area contributed by atoms with Gasteiger partial charge in [0.2, 0.25) is 0 Å². The van der Waals surface area contributed by atoms with E-state index >= 15 is 0 Å². The molecule has 0 heterocycles. The fraction of sp³-hybridized carbons (Fsp3) is 0.500. The number of ether oxygens (including phenoxy) is 1. The van der Waals surface area contributed by atoms with E-state index in [9.17, 15) is 0 Å². The largest absolute Gasteiger partial charge is 0.497 e. The second kappa shape index (κ2) is 11.7. The molecule has 0 spiro atoms. The molecule has 0 aromatic heterocycles. The number of rotatable bonds is 8. The van der Waals surface area contributed by atoms with E-state index in [1.54, 1.807) is 7.11 Å². The Labute approximate surface area is 177 Å². The lowest BCUT2D eigenvalue weighted by Gasteiger charge is -2.26. The Morgan fingerprint density at radius 2 is 1.52 bits per heavy atom. The van der Waals surface area contributed by atoms with E-state index in [0.717, 1.165) is 11.3 Å². The smallest absolute Gasteiger partial charge is 0.118 e. The Hall–Kier alpha value is -2.20. The zero-order chi connectivity index (χ0) is 20.3. The summed E-state index contributed by atoms with van der Waals surface area (Å²) in [5, 5.41) is 0. The first-order valence-electron chi connectivity index (χ1n) is 11.5. The Kier molecular flexibility index (Phi) is 8.69. The van der Waals surface area contributed by atoms with Gasteiger partial charge in [-0.3, -0.25) is 0 Å². The van der Waals surface area contributed by atoms with Crippen LogP contribution in [0.3, 0.4) is 0 Å². The summed E-state index contributed by atoms with van der Waals surface area (Å²) in [6.45, 7) is 2.28. The van der Waals surface area contributed by atoms with Crippen LogP contribution in [-0.4, -0.2) is 7.11 Å². The Balaban J connectivity index is 1.43. The van der Waals surface area contributed by atoms with E-state index in [1.165, 1.54) is 75.3 Å². The minimum atomic E-state index is 0.538. The average molecular weight is 389 g/mol. The lowest BCUT2D eigenvalue weighted by atomic mass is 9.78. The van der Waals surface area contributed by atoms with Crippen LogP contribution < -0.4 is 4.74 Å². The van der Waals surface area contributed by atoms with Gasteiger partial charge in [-0.1, -0.05) is 68.7 Å². The van der Waals surface area contributed by atoms with Gasteiger partial charge in [0.15, 0.2) is 0 Å². The lowest BCUT2D eigenvalue weighted by Crippen LogP contribution is -2.12. The van der Waals surface area contributed by atoms with Crippen LogP contribution in [-0.2, 0) is 6.42 Å². The van der Waals surface area contributed by atoms with Crippen molar-refractivity contribution >= 4 is 0 Å². The van der Waals surface area contributed by atoms with Gasteiger partial charge in [0.05, 0.1) is 7.11 Å². The second-order valence-corrected chi connectivity index (χ2v) is 8.45. The summed E-state index contributed by atoms with van der Waals surface area (Å²) in [5.74, 6) is 9.00. The minimum absolute atomic E-state index is 0.538. The molecule has 0 atom stereocenters. The normalized spacial score (nSPS) is 18.7. The molecule has 0 amide bonds. The summed E-state index contributed by atoms with van der Waals surface area (Å²) in [6.07, 6.45) is 13.0. The van der Waals surface area contributed by atoms with Crippen LogP contribution in [0.15, 0.2) is 48.5 Å². The second-order valence-electron chi connectivity index (χ2n) is 8.45. The quantitative estimate of drug-likeness (QED) is 0.335. The molecular weight excluding hydrogens is 352 g/mol. The molecule has 1 heteroatoms. The van der Waals surface area contributed by atoms with Crippen molar-refractivity contribution in [3.8, 4) is 17.6 Å². The minimum Gasteiger partial charge on any atom is -0.497 e. The van der Waals surface area contributed by atoms with Crippen molar-refractivity contribution in [1.82, 2.24) is 0 Å². The van der Waals surface area contributed by atoms with Gasteiger partial charge in [-0.05, 0) is 79.8 Å². The summed E-state index contributed by atoms with van der Waals surface area (Å²) < 4.78 is 5.21. The number of hydrogen-bond acceptors (Lipinski definition) is 1. The molecule has 154 valence electrons. The van der Waals surface area contributed by atoms with E-state index in [1.807, 2.05) is 24.3 Å². The highest BCUT2D eigenvalue weighted by Crippen LogP contribution is 2.35. The topological polar surface area (TPSA) is 9.23 Å². The average Bonchev–Trinajstić information content (AvgIpc) is 2.79. The molecule has 3 rings (SSSR count). The summed E-state index contributed by atoms with van der Waals surface area (Å²) in [7, 11) is 1.70. The highest BCUT2D eigenvalue weighted by molar-refractivity contribution is 5.38. The number of unbranched alkanes of at least 4 members (excludes halogenated alkanes) is 4. The first kappa shape index (κ1) is 21.5. The molecule has 1 aliphatic rings. The molecule has 29 heavy (non-hydrogen) atoms. The van der Waals surface area contributed by atoms with Gasteiger partial charge in [-0.25, -0.2) is 0 Å². The maximum absolute atomic E-state index is 5.21. The standard InChI is InChI=1S/C28H36O/c1-3-4-5-6-7-8-23-11-17-26(18-12-23)27-19-13-24(14-20-27)9-10-25-15-21-28(29-2)22-16-25/h11-12,15-18,21-22,24,27H,3-8,13-14,19-20H2,1-2H3. The van der Waals surface area contributed by atoms with Crippen molar-refractivity contribution < 1.29 is 4.74 Å². The van der Waals surface area contributed by atoms with Crippen molar-refractivity contribution in [2.24, 2.45) is 5.92 Å². The van der Waals surface area contributed by atoms with Gasteiger partial charge in [-0.2, -0.15) is 0 Å². The van der Waals surface area contributed by atoms with Crippen LogP contribution in [0.2, 0.25) is 0 Å². The predicted octanol–water partition coefficient (Wildman–Crippen LogP) is 7.53. The Morgan fingerprint density at radius 3 is 2.17 bits per heavy atom. The molecule has 0 aliphatic heterocycles. The number of aryl methyl sites for hydroxylation is 1. The molecular formula is C28H36O. The highest BCUT2D eigenvalue weighted by atomic mass is 16.5. The molecule has 1 aliphatic carbocycles. The summed E-state index contributed by atoms with van der Waals surface area (Å²) in [5.41, 5.74) is 4.11. The maximum Gasteiger partial charge on any atom is 0.118 e. The summed E-state index contributed by atoms with van der Waals surface area (Å²) in [6, 6.07) is 17.6. The molecule has 0 N–H and O–H groups in total. The molecule has 1 nitrogen and oxygen atoms in total. The van der Waals surface area contributed by atoms with Gasteiger partial charge in [0.1, 0.15) is 5.75 Å². The van der Waals surface area contributed by atoms with Crippen molar-refractivity contribution in [3.05, 3.63) is 65.2 Å². The van der Waals surface area contributed by atoms with Gasteiger partial charge < -0.3 is 4.74 Å². The number of methoxy groups -OCH3 is 1. The van der Waals surface area contributed by atoms with Crippen LogP contribution in [0.5, 0.6) is 5.75 Å². The third kappa shape index (κ3) is 6.97. The molecule has 2 aromatic rings. The Bertz CT molecular complexity index is 768. The number of benzene rings is 2. The molecule has 0 radical (unpaired) electrons. The van der Waals surface area contributed by atoms with Gasteiger partial charge >= 0.3 is 0 Å². The molecule has 0 saturated heterocycles. The third-order valence-electron chi connectivity index (χ3n) is 6.26. The zero-order valence-electron chi connectivity index (χ0n) is 18.3. The van der Waals surface area contributed by atoms with E-state index in [0.29, 0.717) is 11.8 Å². The van der Waals surface area contributed by atoms with E-state index in [-0.39, 0.29) is 0 Å². The van der Waals surface area contributed by atoms with Crippen molar-refractivity contribution in [3.63, 3.8) is 0 Å². The van der Waals surface area contributed by atoms with E-state index in [4.69, 9.17) is 4.74 Å². The lowest BCUT2D eigenvalue weighted by molar-refractivity contribution is 0.384. The van der Waals surface area contributed by atoms with Crippen molar-refractivity contribution in [2.75, 3.05) is 7.11 Å². The van der Waals surface area contributed by atoms with Crippen LogP contribution in [0, 0.1) is 17.8 Å². The SMILES string of the molecule is CCCCCCCc1ccc(C2CCC(C#Cc3ccc(OC)cc3)CC2)cc1. The molecule has 1 fully saturated rings. The Morgan fingerprint density at radius 1 is 0.828 bits per heavy atom. The fourth-order valence-electron chi connectivity index (χ4n) is 4.32. The third-order valence-corrected chi connectivity index (χ3v) is 6.26. The van der Waals surface area contributed by atoms with Crippen LogP contribution in [0.4, 0.5) is 0 Å². The van der Waals surface area contributed by atoms with E-state index < -0.39 is 0 Å². The molecule has 2 aromatic carbocycles. The van der Waals surface area contributed by atoms with Crippen molar-refractivity contribution in [2.45, 2.75) is 77.0 Å². The van der Waals surface area contributed by atoms with Crippen LogP contribution >= 0.6 is 0 Å². The van der Waals surface area contributed by atoms with Crippen molar-refractivity contribution in [1.29, 1.82) is 0 Å². The highest BCUT2D eigenvalue weighted by Gasteiger charge is 2.21. The van der Waals surface area contributed by atoms with Crippen LogP contribution in [0.1, 0.15) is 87.3 Å². The molecule has 0 bridgehead atoms. The van der Waals surface area contributed by atoms with Crippen LogP contribution in [0.25, 0.3) is 0 Å². The first-order chi connectivity index (χ1) is 14.3. The molecule has 1 saturated carbocycles. The van der Waals surface area contributed by atoms with Gasteiger partial charge in [0.25, 0.3) is 0 Å². The first-order valence-corrected chi connectivity index (χ1v) is 11.5. The predicted molar refractivity (Wildman–Crippen MR) is 123 cm³/mol. The van der Waals surface area contributed by atoms with E-state index in [2.05, 4.69) is 43.0 Å². The summed E-state index contributed by atoms with van der Waals surface area (Å²) >= 11 is 0. The maximum atomic E-state index is 5.21. The molecule has 0 unspecified atom stereocenters. The fourth-order valence-corrected chi connectivity index (χ4v) is 4.32. The zero-order valence-corrected chi connectivity index (χ0v) is 18.3. The van der Waals surface area contributed by atoms with Gasteiger partial charge in [-0.15, -0.1) is 0 Å². The number of hydrogen-bond donors (Lipinski definition) is 0.